The zero-order valence-electron chi connectivity index (χ0n) is 21.1. The van der Waals surface area contributed by atoms with Gasteiger partial charge >= 0.3 is 5.97 Å². The van der Waals surface area contributed by atoms with Gasteiger partial charge in [0.1, 0.15) is 5.69 Å². The van der Waals surface area contributed by atoms with E-state index < -0.39 is 17.8 Å². The van der Waals surface area contributed by atoms with Crippen molar-refractivity contribution < 1.29 is 19.2 Å². The van der Waals surface area contributed by atoms with Gasteiger partial charge in [0.25, 0.3) is 0 Å². The van der Waals surface area contributed by atoms with Crippen molar-refractivity contribution in [1.82, 2.24) is 20.1 Å². The number of carboxylic acid groups (broad SMARTS) is 1. The molecule has 4 heterocycles. The number of anilines is 2. The molecular weight excluding hydrogens is 504 g/mol. The molecule has 4 aromatic rings. The molecular formula is C27H28N6O4S. The Hall–Kier alpha value is -4.12. The Balaban J connectivity index is 1.30. The van der Waals surface area contributed by atoms with Gasteiger partial charge in [-0.05, 0) is 56.3 Å². The SMILES string of the molecule is Cc1nc(-c2onc(C)c2CNc2nccc(-c3ccsc3)n2)ccc1NC(=O)[C@H]1CCCC[C@@H]1C(=O)O. The van der Waals surface area contributed by atoms with Crippen LogP contribution in [-0.2, 0) is 16.1 Å². The summed E-state index contributed by atoms with van der Waals surface area (Å²) in [6.45, 7) is 4.03. The molecule has 0 saturated heterocycles. The van der Waals surface area contributed by atoms with E-state index in [4.69, 9.17) is 4.52 Å². The number of carbonyl (C=O) groups excluding carboxylic acids is 1. The van der Waals surface area contributed by atoms with Gasteiger partial charge in [0.05, 0.1) is 34.6 Å². The van der Waals surface area contributed by atoms with E-state index in [1.165, 1.54) is 0 Å². The van der Waals surface area contributed by atoms with E-state index in [0.29, 0.717) is 48.2 Å². The van der Waals surface area contributed by atoms with Crippen molar-refractivity contribution in [2.75, 3.05) is 10.6 Å². The van der Waals surface area contributed by atoms with E-state index >= 15 is 0 Å². The summed E-state index contributed by atoms with van der Waals surface area (Å²) in [5.41, 5.74) is 5.13. The van der Waals surface area contributed by atoms with Crippen molar-refractivity contribution in [2.24, 2.45) is 11.8 Å². The fourth-order valence-corrected chi connectivity index (χ4v) is 5.42. The predicted molar refractivity (Wildman–Crippen MR) is 144 cm³/mol. The first-order valence-electron chi connectivity index (χ1n) is 12.5. The number of rotatable bonds is 8. The van der Waals surface area contributed by atoms with E-state index in [0.717, 1.165) is 35.4 Å². The average molecular weight is 533 g/mol. The van der Waals surface area contributed by atoms with E-state index in [1.54, 1.807) is 36.6 Å². The zero-order valence-corrected chi connectivity index (χ0v) is 21.9. The molecule has 1 amide bonds. The highest BCUT2D eigenvalue weighted by atomic mass is 32.1. The van der Waals surface area contributed by atoms with Gasteiger partial charge in [0.15, 0.2) is 5.76 Å². The Kier molecular flexibility index (Phi) is 7.45. The Morgan fingerprint density at radius 2 is 1.87 bits per heavy atom. The highest BCUT2D eigenvalue weighted by molar-refractivity contribution is 7.08. The van der Waals surface area contributed by atoms with Crippen LogP contribution in [0.4, 0.5) is 11.6 Å². The van der Waals surface area contributed by atoms with Crippen LogP contribution in [0.15, 0.2) is 45.7 Å². The standard InChI is InChI=1S/C27H28N6O4S/c1-15-20(13-29-27-28-11-9-22(32-27)17-10-12-38-14-17)24(37-33-15)23-8-7-21(16(2)30-23)31-25(34)18-5-3-4-6-19(18)26(35)36/h7-12,14,18-19H,3-6,13H2,1-2H3,(H,31,34)(H,35,36)(H,28,29,32)/t18-,19-/m0/s1. The summed E-state index contributed by atoms with van der Waals surface area (Å²) < 4.78 is 5.62. The highest BCUT2D eigenvalue weighted by Gasteiger charge is 2.36. The number of amides is 1. The number of nitrogens with one attached hydrogen (secondary N) is 2. The van der Waals surface area contributed by atoms with Crippen molar-refractivity contribution in [3.63, 3.8) is 0 Å². The van der Waals surface area contributed by atoms with E-state index in [2.05, 4.69) is 30.7 Å². The summed E-state index contributed by atoms with van der Waals surface area (Å²) >= 11 is 1.61. The number of hydrogen-bond donors (Lipinski definition) is 3. The second-order valence-corrected chi connectivity index (χ2v) is 10.1. The quantitative estimate of drug-likeness (QED) is 0.275. The van der Waals surface area contributed by atoms with Crippen LogP contribution >= 0.6 is 11.3 Å². The van der Waals surface area contributed by atoms with Crippen LogP contribution in [0.3, 0.4) is 0 Å². The lowest BCUT2D eigenvalue weighted by molar-refractivity contribution is -0.147. The molecule has 1 aliphatic carbocycles. The maximum Gasteiger partial charge on any atom is 0.307 e. The highest BCUT2D eigenvalue weighted by Crippen LogP contribution is 2.32. The lowest BCUT2D eigenvalue weighted by atomic mass is 9.78. The molecule has 4 aromatic heterocycles. The van der Waals surface area contributed by atoms with E-state index in [1.807, 2.05) is 29.8 Å². The average Bonchev–Trinajstić information content (AvgIpc) is 3.59. The van der Waals surface area contributed by atoms with E-state index in [9.17, 15) is 14.7 Å². The number of aromatic nitrogens is 4. The third-order valence-electron chi connectivity index (χ3n) is 6.88. The van der Waals surface area contributed by atoms with Crippen molar-refractivity contribution >= 4 is 34.8 Å². The third kappa shape index (κ3) is 5.42. The summed E-state index contributed by atoms with van der Waals surface area (Å²) in [7, 11) is 0. The molecule has 2 atom stereocenters. The Labute approximate surface area is 223 Å². The van der Waals surface area contributed by atoms with Crippen molar-refractivity contribution in [3.8, 4) is 22.7 Å². The lowest BCUT2D eigenvalue weighted by Crippen LogP contribution is -2.36. The Morgan fingerprint density at radius 1 is 1.05 bits per heavy atom. The van der Waals surface area contributed by atoms with Gasteiger partial charge in [-0.25, -0.2) is 15.0 Å². The first-order chi connectivity index (χ1) is 18.4. The second-order valence-electron chi connectivity index (χ2n) is 9.36. The largest absolute Gasteiger partial charge is 0.481 e. The second kappa shape index (κ2) is 11.1. The lowest BCUT2D eigenvalue weighted by Gasteiger charge is -2.27. The van der Waals surface area contributed by atoms with Crippen molar-refractivity contribution in [2.45, 2.75) is 46.1 Å². The molecule has 1 saturated carbocycles. The Morgan fingerprint density at radius 3 is 2.61 bits per heavy atom. The molecule has 0 aliphatic heterocycles. The molecule has 196 valence electrons. The smallest absolute Gasteiger partial charge is 0.307 e. The minimum atomic E-state index is -0.916. The van der Waals surface area contributed by atoms with Crippen LogP contribution in [0, 0.1) is 25.7 Å². The molecule has 5 rings (SSSR count). The molecule has 1 aliphatic rings. The van der Waals surface area contributed by atoms with Crippen molar-refractivity contribution in [3.05, 3.63) is 58.2 Å². The number of pyridine rings is 1. The molecule has 3 N–H and O–H groups in total. The summed E-state index contributed by atoms with van der Waals surface area (Å²) in [6, 6.07) is 7.40. The fraction of sp³-hybridized carbons (Fsp3) is 0.333. The molecule has 10 nitrogen and oxygen atoms in total. The van der Waals surface area contributed by atoms with Crippen molar-refractivity contribution in [1.29, 1.82) is 0 Å². The number of aryl methyl sites for hydroxylation is 2. The molecule has 38 heavy (non-hydrogen) atoms. The van der Waals surface area contributed by atoms with Gasteiger partial charge in [-0.2, -0.15) is 11.3 Å². The number of hydrogen-bond acceptors (Lipinski definition) is 9. The molecule has 0 aromatic carbocycles. The van der Waals surface area contributed by atoms with Gasteiger partial charge in [0.2, 0.25) is 11.9 Å². The van der Waals surface area contributed by atoms with Crippen LogP contribution in [0.2, 0.25) is 0 Å². The molecule has 0 spiro atoms. The summed E-state index contributed by atoms with van der Waals surface area (Å²) in [6.07, 6.45) is 4.49. The topological polar surface area (TPSA) is 143 Å². The van der Waals surface area contributed by atoms with E-state index in [-0.39, 0.29) is 5.91 Å². The van der Waals surface area contributed by atoms with Gasteiger partial charge in [-0.15, -0.1) is 0 Å². The van der Waals surface area contributed by atoms with Crippen LogP contribution < -0.4 is 10.6 Å². The predicted octanol–water partition coefficient (Wildman–Crippen LogP) is 5.31. The molecule has 0 radical (unpaired) electrons. The molecule has 1 fully saturated rings. The van der Waals surface area contributed by atoms with Crippen LogP contribution in [0.1, 0.15) is 42.6 Å². The van der Waals surface area contributed by atoms with Crippen LogP contribution in [0.5, 0.6) is 0 Å². The Bertz CT molecular complexity index is 1450. The maximum atomic E-state index is 12.9. The summed E-state index contributed by atoms with van der Waals surface area (Å²) in [4.78, 5) is 38.1. The number of nitrogens with zero attached hydrogens (tertiary/aromatic N) is 4. The third-order valence-corrected chi connectivity index (χ3v) is 7.56. The molecule has 0 unspecified atom stereocenters. The number of carboxylic acids is 1. The number of aliphatic carboxylic acids is 1. The number of carbonyl (C=O) groups is 2. The number of thiophene rings is 1. The monoisotopic (exact) mass is 532 g/mol. The zero-order chi connectivity index (χ0) is 26.6. The van der Waals surface area contributed by atoms with Crippen LogP contribution in [-0.4, -0.2) is 37.1 Å². The minimum absolute atomic E-state index is 0.278. The minimum Gasteiger partial charge on any atom is -0.481 e. The first kappa shape index (κ1) is 25.5. The normalized spacial score (nSPS) is 17.2. The van der Waals surface area contributed by atoms with Gasteiger partial charge in [-0.3, -0.25) is 9.59 Å². The summed E-state index contributed by atoms with van der Waals surface area (Å²) in [5.74, 6) is -1.39. The van der Waals surface area contributed by atoms with Gasteiger partial charge in [0, 0.05) is 29.2 Å². The summed E-state index contributed by atoms with van der Waals surface area (Å²) in [5, 5.41) is 23.8. The van der Waals surface area contributed by atoms with Gasteiger partial charge in [-0.1, -0.05) is 18.0 Å². The first-order valence-corrected chi connectivity index (χ1v) is 13.4. The maximum absolute atomic E-state index is 12.9. The molecule has 11 heteroatoms. The molecule has 0 bridgehead atoms. The van der Waals surface area contributed by atoms with Gasteiger partial charge < -0.3 is 20.3 Å². The van der Waals surface area contributed by atoms with Crippen LogP contribution in [0.25, 0.3) is 22.7 Å². The fourth-order valence-electron chi connectivity index (χ4n) is 4.77.